The largest absolute Gasteiger partial charge is 0.490 e. The van der Waals surface area contributed by atoms with E-state index in [1.54, 1.807) is 12.4 Å². The molecular weight excluding hydrogens is 242 g/mol. The Morgan fingerprint density at radius 2 is 1.89 bits per heavy atom. The number of hydrogen-bond acceptors (Lipinski definition) is 4. The predicted molar refractivity (Wildman–Crippen MR) is 70.3 cm³/mol. The molecule has 0 bridgehead atoms. The molecule has 4 nitrogen and oxygen atoms in total. The summed E-state index contributed by atoms with van der Waals surface area (Å²) in [5.74, 6) is 1.43. The van der Waals surface area contributed by atoms with E-state index in [4.69, 9.17) is 9.47 Å². The molecule has 0 amide bonds. The maximum atomic E-state index is 10.3. The summed E-state index contributed by atoms with van der Waals surface area (Å²) in [7, 11) is 0. The van der Waals surface area contributed by atoms with E-state index >= 15 is 0 Å². The minimum Gasteiger partial charge on any atom is -0.490 e. The van der Waals surface area contributed by atoms with Crippen molar-refractivity contribution in [2.24, 2.45) is 0 Å². The third-order valence-electron chi connectivity index (χ3n) is 3.09. The zero-order chi connectivity index (χ0) is 13.1. The molecule has 98 valence electrons. The maximum Gasteiger partial charge on any atom is 0.161 e. The third kappa shape index (κ3) is 2.53. The van der Waals surface area contributed by atoms with Crippen molar-refractivity contribution in [2.75, 3.05) is 13.2 Å². The van der Waals surface area contributed by atoms with Crippen LogP contribution in [0.25, 0.3) is 0 Å². The summed E-state index contributed by atoms with van der Waals surface area (Å²) < 4.78 is 11.2. The maximum absolute atomic E-state index is 10.3. The highest BCUT2D eigenvalue weighted by Gasteiger charge is 2.15. The van der Waals surface area contributed by atoms with Gasteiger partial charge in [0, 0.05) is 24.4 Å². The molecule has 0 saturated carbocycles. The van der Waals surface area contributed by atoms with Gasteiger partial charge in [0.1, 0.15) is 6.10 Å². The van der Waals surface area contributed by atoms with E-state index in [9.17, 15) is 5.11 Å². The fourth-order valence-electron chi connectivity index (χ4n) is 2.08. The van der Waals surface area contributed by atoms with Gasteiger partial charge in [-0.1, -0.05) is 12.1 Å². The van der Waals surface area contributed by atoms with Crippen LogP contribution in [0.5, 0.6) is 11.5 Å². The minimum absolute atomic E-state index is 0.638. The first-order valence-electron chi connectivity index (χ1n) is 6.32. The van der Waals surface area contributed by atoms with Gasteiger partial charge in [-0.3, -0.25) is 4.98 Å². The zero-order valence-corrected chi connectivity index (χ0v) is 10.5. The molecule has 2 aromatic rings. The number of ether oxygens (including phenoxy) is 2. The van der Waals surface area contributed by atoms with Gasteiger partial charge in [0.2, 0.25) is 0 Å². The van der Waals surface area contributed by atoms with Crippen LogP contribution in [0.15, 0.2) is 42.7 Å². The van der Waals surface area contributed by atoms with E-state index in [0.29, 0.717) is 19.0 Å². The van der Waals surface area contributed by atoms with Crippen LogP contribution in [-0.4, -0.2) is 23.3 Å². The van der Waals surface area contributed by atoms with Crippen LogP contribution < -0.4 is 9.47 Å². The quantitative estimate of drug-likeness (QED) is 0.897. The topological polar surface area (TPSA) is 51.6 Å². The normalized spacial score (nSPS) is 15.6. The average molecular weight is 257 g/mol. The molecule has 19 heavy (non-hydrogen) atoms. The second-order valence-corrected chi connectivity index (χ2v) is 4.45. The van der Waals surface area contributed by atoms with Crippen molar-refractivity contribution in [3.8, 4) is 11.5 Å². The number of aliphatic hydroxyl groups is 1. The first-order chi connectivity index (χ1) is 9.34. The van der Waals surface area contributed by atoms with Crippen molar-refractivity contribution in [1.29, 1.82) is 0 Å². The fourth-order valence-corrected chi connectivity index (χ4v) is 2.08. The molecule has 4 heteroatoms. The van der Waals surface area contributed by atoms with Crippen LogP contribution in [-0.2, 0) is 0 Å². The summed E-state index contributed by atoms with van der Waals surface area (Å²) in [5, 5.41) is 10.3. The van der Waals surface area contributed by atoms with Crippen LogP contribution in [0.3, 0.4) is 0 Å². The Kier molecular flexibility index (Phi) is 3.33. The van der Waals surface area contributed by atoms with Gasteiger partial charge >= 0.3 is 0 Å². The number of fused-ring (bicyclic) bond motifs is 1. The Bertz CT molecular complexity index is 557. The summed E-state index contributed by atoms with van der Waals surface area (Å²) in [4.78, 5) is 4.02. The van der Waals surface area contributed by atoms with E-state index in [-0.39, 0.29) is 0 Å². The summed E-state index contributed by atoms with van der Waals surface area (Å²) in [6, 6.07) is 9.18. The lowest BCUT2D eigenvalue weighted by Crippen LogP contribution is -2.01. The second kappa shape index (κ2) is 5.28. The van der Waals surface area contributed by atoms with Crippen LogP contribution in [0.2, 0.25) is 0 Å². The number of aromatic nitrogens is 1. The number of hydrogen-bond donors (Lipinski definition) is 1. The molecule has 1 aliphatic rings. The molecule has 0 radical (unpaired) electrons. The molecule has 0 fully saturated rings. The monoisotopic (exact) mass is 257 g/mol. The Hall–Kier alpha value is -2.07. The first kappa shape index (κ1) is 12.0. The highest BCUT2D eigenvalue weighted by Crippen LogP contribution is 2.33. The molecule has 1 atom stereocenters. The van der Waals surface area contributed by atoms with Crippen molar-refractivity contribution in [2.45, 2.75) is 12.5 Å². The predicted octanol–water partition coefficient (Wildman–Crippen LogP) is 2.32. The summed E-state index contributed by atoms with van der Waals surface area (Å²) >= 11 is 0. The Labute approximate surface area is 111 Å². The Balaban J connectivity index is 1.91. The first-order valence-corrected chi connectivity index (χ1v) is 6.32. The molecular formula is C15H15NO3. The fraction of sp³-hybridized carbons (Fsp3) is 0.267. The van der Waals surface area contributed by atoms with Gasteiger partial charge < -0.3 is 14.6 Å². The molecule has 1 N–H and O–H groups in total. The van der Waals surface area contributed by atoms with Gasteiger partial charge in [-0.15, -0.1) is 0 Å². The van der Waals surface area contributed by atoms with Crippen molar-refractivity contribution in [1.82, 2.24) is 4.98 Å². The van der Waals surface area contributed by atoms with Crippen molar-refractivity contribution < 1.29 is 14.6 Å². The minimum atomic E-state index is -0.703. The van der Waals surface area contributed by atoms with Gasteiger partial charge in [0.25, 0.3) is 0 Å². The van der Waals surface area contributed by atoms with Crippen molar-refractivity contribution in [3.05, 3.63) is 53.9 Å². The van der Waals surface area contributed by atoms with E-state index in [0.717, 1.165) is 23.3 Å². The smallest absolute Gasteiger partial charge is 0.161 e. The lowest BCUT2D eigenvalue weighted by Gasteiger charge is -2.14. The van der Waals surface area contributed by atoms with Crippen LogP contribution in [0.4, 0.5) is 0 Å². The molecule has 0 spiro atoms. The highest BCUT2D eigenvalue weighted by atomic mass is 16.5. The summed E-state index contributed by atoms with van der Waals surface area (Å²) in [6.45, 7) is 1.30. The number of pyridine rings is 1. The van der Waals surface area contributed by atoms with Gasteiger partial charge in [-0.05, 0) is 23.8 Å². The average Bonchev–Trinajstić information content (AvgIpc) is 2.72. The Morgan fingerprint density at radius 1 is 1.05 bits per heavy atom. The van der Waals surface area contributed by atoms with Crippen molar-refractivity contribution in [3.63, 3.8) is 0 Å². The number of rotatable bonds is 2. The number of benzene rings is 1. The molecule has 1 aromatic heterocycles. The second-order valence-electron chi connectivity index (χ2n) is 4.45. The van der Waals surface area contributed by atoms with Gasteiger partial charge in [-0.2, -0.15) is 0 Å². The standard InChI is InChI=1S/C15H15NO3/c17-15(12-3-1-6-16-10-12)11-4-5-13-14(9-11)19-8-2-7-18-13/h1,3-6,9-10,15,17H,2,7-8H2. The van der Waals surface area contributed by atoms with E-state index in [1.165, 1.54) is 0 Å². The van der Waals surface area contributed by atoms with Crippen LogP contribution in [0.1, 0.15) is 23.7 Å². The summed E-state index contributed by atoms with van der Waals surface area (Å²) in [6.07, 6.45) is 3.51. The lowest BCUT2D eigenvalue weighted by atomic mass is 10.0. The molecule has 2 heterocycles. The van der Waals surface area contributed by atoms with Crippen LogP contribution >= 0.6 is 0 Å². The highest BCUT2D eigenvalue weighted by molar-refractivity contribution is 5.45. The van der Waals surface area contributed by atoms with E-state index < -0.39 is 6.10 Å². The van der Waals surface area contributed by atoms with Gasteiger partial charge in [0.15, 0.2) is 11.5 Å². The molecule has 1 unspecified atom stereocenters. The van der Waals surface area contributed by atoms with Crippen molar-refractivity contribution >= 4 is 0 Å². The molecule has 1 aromatic carbocycles. The van der Waals surface area contributed by atoms with Gasteiger partial charge in [0.05, 0.1) is 13.2 Å². The van der Waals surface area contributed by atoms with Gasteiger partial charge in [-0.25, -0.2) is 0 Å². The molecule has 1 aliphatic heterocycles. The Morgan fingerprint density at radius 3 is 2.68 bits per heavy atom. The third-order valence-corrected chi connectivity index (χ3v) is 3.09. The molecule has 3 rings (SSSR count). The summed E-state index contributed by atoms with van der Waals surface area (Å²) in [5.41, 5.74) is 1.54. The van der Waals surface area contributed by atoms with E-state index in [2.05, 4.69) is 4.98 Å². The lowest BCUT2D eigenvalue weighted by molar-refractivity contribution is 0.219. The molecule has 0 aliphatic carbocycles. The zero-order valence-electron chi connectivity index (χ0n) is 10.5. The molecule has 0 saturated heterocycles. The van der Waals surface area contributed by atoms with Crippen LogP contribution in [0, 0.1) is 0 Å². The van der Waals surface area contributed by atoms with E-state index in [1.807, 2.05) is 30.3 Å². The number of aliphatic hydroxyl groups excluding tert-OH is 1. The SMILES string of the molecule is OC(c1cccnc1)c1ccc2c(c1)OCCCO2. The number of nitrogens with zero attached hydrogens (tertiary/aromatic N) is 1.